The van der Waals surface area contributed by atoms with Gasteiger partial charge in [-0.15, -0.1) is 0 Å². The number of ether oxygens (including phenoxy) is 1. The number of allylic oxidation sites excluding steroid dienone is 3. The first-order chi connectivity index (χ1) is 4.93. The van der Waals surface area contributed by atoms with Gasteiger partial charge in [0.25, 0.3) is 0 Å². The summed E-state index contributed by atoms with van der Waals surface area (Å²) in [5.41, 5.74) is 1.45. The van der Waals surface area contributed by atoms with Crippen LogP contribution in [0.4, 0.5) is 0 Å². The molecule has 0 aromatic rings. The van der Waals surface area contributed by atoms with Gasteiger partial charge in [0.1, 0.15) is 0 Å². The van der Waals surface area contributed by atoms with Gasteiger partial charge in [-0.3, -0.25) is 0 Å². The maximum absolute atomic E-state index is 4.99. The summed E-state index contributed by atoms with van der Waals surface area (Å²) in [7, 11) is 0. The fourth-order valence-electron chi connectivity index (χ4n) is 0.950. The van der Waals surface area contributed by atoms with Gasteiger partial charge in [0, 0.05) is 6.42 Å². The van der Waals surface area contributed by atoms with E-state index in [1.165, 1.54) is 11.8 Å². The van der Waals surface area contributed by atoms with E-state index in [2.05, 4.69) is 24.8 Å². The Morgan fingerprint density at radius 1 is 1.70 bits per heavy atom. The molecule has 1 heteroatoms. The monoisotopic (exact) mass is 136 g/mol. The van der Waals surface area contributed by atoms with Gasteiger partial charge in [-0.2, -0.15) is 0 Å². The molecular weight excluding hydrogens is 124 g/mol. The van der Waals surface area contributed by atoms with Crippen LogP contribution in [-0.2, 0) is 4.74 Å². The molecule has 1 aliphatic carbocycles. The second kappa shape index (κ2) is 3.94. The first-order valence-electron chi connectivity index (χ1n) is 3.50. The summed E-state index contributed by atoms with van der Waals surface area (Å²) in [5, 5.41) is 0. The lowest BCUT2D eigenvalue weighted by atomic mass is 10.2. The minimum Gasteiger partial charge on any atom is -0.501 e. The molecule has 0 unspecified atom stereocenters. The molecule has 1 aliphatic rings. The van der Waals surface area contributed by atoms with E-state index in [1.807, 2.05) is 0 Å². The Hall–Kier alpha value is -0.980. The molecule has 0 heterocycles. The molecule has 10 heavy (non-hydrogen) atoms. The SMILES string of the molecule is C=COCCC1=CC=CC1. The summed E-state index contributed by atoms with van der Waals surface area (Å²) < 4.78 is 4.99. The molecular formula is C9H12O. The molecule has 1 nitrogen and oxygen atoms in total. The van der Waals surface area contributed by atoms with Crippen LogP contribution in [0.1, 0.15) is 12.8 Å². The molecule has 0 amide bonds. The van der Waals surface area contributed by atoms with Crippen molar-refractivity contribution in [2.24, 2.45) is 0 Å². The highest BCUT2D eigenvalue weighted by Crippen LogP contribution is 2.13. The highest BCUT2D eigenvalue weighted by molar-refractivity contribution is 5.22. The second-order valence-corrected chi connectivity index (χ2v) is 2.24. The van der Waals surface area contributed by atoms with Gasteiger partial charge in [0.05, 0.1) is 12.9 Å². The van der Waals surface area contributed by atoms with Crippen LogP contribution in [-0.4, -0.2) is 6.61 Å². The molecule has 0 saturated carbocycles. The third kappa shape index (κ3) is 2.09. The molecule has 0 aromatic heterocycles. The fraction of sp³-hybridized carbons (Fsp3) is 0.333. The van der Waals surface area contributed by atoms with Crippen molar-refractivity contribution in [3.8, 4) is 0 Å². The van der Waals surface area contributed by atoms with Crippen molar-refractivity contribution in [2.75, 3.05) is 6.61 Å². The van der Waals surface area contributed by atoms with E-state index >= 15 is 0 Å². The predicted octanol–water partition coefficient (Wildman–Crippen LogP) is 2.42. The highest BCUT2D eigenvalue weighted by Gasteiger charge is 1.97. The lowest BCUT2D eigenvalue weighted by Crippen LogP contribution is -1.88. The average molecular weight is 136 g/mol. The Morgan fingerprint density at radius 2 is 2.60 bits per heavy atom. The second-order valence-electron chi connectivity index (χ2n) is 2.24. The summed E-state index contributed by atoms with van der Waals surface area (Å²) in [4.78, 5) is 0. The highest BCUT2D eigenvalue weighted by atomic mass is 16.5. The quantitative estimate of drug-likeness (QED) is 0.426. The first-order valence-corrected chi connectivity index (χ1v) is 3.50. The third-order valence-corrected chi connectivity index (χ3v) is 1.51. The smallest absolute Gasteiger partial charge is 0.0910 e. The summed E-state index contributed by atoms with van der Waals surface area (Å²) in [6, 6.07) is 0. The Labute approximate surface area is 61.7 Å². The normalized spacial score (nSPS) is 15.0. The number of hydrogen-bond acceptors (Lipinski definition) is 1. The van der Waals surface area contributed by atoms with E-state index in [1.54, 1.807) is 0 Å². The molecule has 0 aromatic carbocycles. The van der Waals surface area contributed by atoms with E-state index < -0.39 is 0 Å². The van der Waals surface area contributed by atoms with Crippen LogP contribution < -0.4 is 0 Å². The van der Waals surface area contributed by atoms with Crippen molar-refractivity contribution in [2.45, 2.75) is 12.8 Å². The van der Waals surface area contributed by atoms with E-state index in [0.717, 1.165) is 19.4 Å². The molecule has 0 N–H and O–H groups in total. The van der Waals surface area contributed by atoms with Crippen molar-refractivity contribution >= 4 is 0 Å². The van der Waals surface area contributed by atoms with Gasteiger partial charge in [-0.05, 0) is 6.42 Å². The maximum atomic E-state index is 4.99. The van der Waals surface area contributed by atoms with Crippen LogP contribution in [0.3, 0.4) is 0 Å². The van der Waals surface area contributed by atoms with Crippen molar-refractivity contribution in [1.29, 1.82) is 0 Å². The summed E-state index contributed by atoms with van der Waals surface area (Å²) in [5.74, 6) is 0. The summed E-state index contributed by atoms with van der Waals surface area (Å²) in [6.45, 7) is 4.23. The Morgan fingerprint density at radius 3 is 3.20 bits per heavy atom. The number of rotatable bonds is 4. The van der Waals surface area contributed by atoms with Crippen LogP contribution in [0.25, 0.3) is 0 Å². The van der Waals surface area contributed by atoms with Crippen molar-refractivity contribution in [3.63, 3.8) is 0 Å². The van der Waals surface area contributed by atoms with E-state index in [9.17, 15) is 0 Å². The Balaban J connectivity index is 2.09. The molecule has 0 radical (unpaired) electrons. The van der Waals surface area contributed by atoms with E-state index in [0.29, 0.717) is 0 Å². The van der Waals surface area contributed by atoms with Gasteiger partial charge in [0.15, 0.2) is 0 Å². The van der Waals surface area contributed by atoms with Crippen LogP contribution >= 0.6 is 0 Å². The van der Waals surface area contributed by atoms with Crippen LogP contribution in [0.5, 0.6) is 0 Å². The standard InChI is InChI=1S/C9H12O/c1-2-10-8-7-9-5-3-4-6-9/h2-5H,1,6-8H2. The molecule has 0 saturated heterocycles. The van der Waals surface area contributed by atoms with E-state index in [-0.39, 0.29) is 0 Å². The van der Waals surface area contributed by atoms with Gasteiger partial charge in [-0.25, -0.2) is 0 Å². The van der Waals surface area contributed by atoms with Crippen molar-refractivity contribution < 1.29 is 4.74 Å². The number of hydrogen-bond donors (Lipinski definition) is 0. The molecule has 0 spiro atoms. The molecule has 54 valence electrons. The molecule has 0 fully saturated rings. The van der Waals surface area contributed by atoms with Crippen LogP contribution in [0.15, 0.2) is 36.6 Å². The Kier molecular flexibility index (Phi) is 2.81. The molecule has 0 atom stereocenters. The zero-order valence-electron chi connectivity index (χ0n) is 6.05. The minimum absolute atomic E-state index is 0.761. The van der Waals surface area contributed by atoms with Crippen LogP contribution in [0, 0.1) is 0 Å². The molecule has 0 aliphatic heterocycles. The predicted molar refractivity (Wildman–Crippen MR) is 42.6 cm³/mol. The average Bonchev–Trinajstić information content (AvgIpc) is 2.41. The lowest BCUT2D eigenvalue weighted by molar-refractivity contribution is 0.254. The first kappa shape index (κ1) is 7.13. The molecule has 1 rings (SSSR count). The largest absolute Gasteiger partial charge is 0.501 e. The van der Waals surface area contributed by atoms with Gasteiger partial charge in [0.2, 0.25) is 0 Å². The summed E-state index contributed by atoms with van der Waals surface area (Å²) in [6.07, 6.45) is 10.0. The minimum atomic E-state index is 0.761. The third-order valence-electron chi connectivity index (χ3n) is 1.51. The van der Waals surface area contributed by atoms with Crippen molar-refractivity contribution in [3.05, 3.63) is 36.6 Å². The fourth-order valence-corrected chi connectivity index (χ4v) is 0.950. The topological polar surface area (TPSA) is 9.23 Å². The van der Waals surface area contributed by atoms with Crippen LogP contribution in [0.2, 0.25) is 0 Å². The summed E-state index contributed by atoms with van der Waals surface area (Å²) >= 11 is 0. The van der Waals surface area contributed by atoms with Gasteiger partial charge in [-0.1, -0.05) is 30.4 Å². The van der Waals surface area contributed by atoms with Gasteiger partial charge < -0.3 is 4.74 Å². The zero-order chi connectivity index (χ0) is 7.23. The zero-order valence-corrected chi connectivity index (χ0v) is 6.05. The molecule has 0 bridgehead atoms. The van der Waals surface area contributed by atoms with E-state index in [4.69, 9.17) is 4.74 Å². The lowest BCUT2D eigenvalue weighted by Gasteiger charge is -1.99. The Bertz CT molecular complexity index is 166. The van der Waals surface area contributed by atoms with Crippen molar-refractivity contribution in [1.82, 2.24) is 0 Å². The van der Waals surface area contributed by atoms with Gasteiger partial charge >= 0.3 is 0 Å². The maximum Gasteiger partial charge on any atom is 0.0910 e.